The summed E-state index contributed by atoms with van der Waals surface area (Å²) in [5.74, 6) is 0.715. The Bertz CT molecular complexity index is 473. The lowest BCUT2D eigenvalue weighted by Gasteiger charge is -2.19. The molecule has 1 atom stereocenters. The maximum atomic E-state index is 11.8. The lowest BCUT2D eigenvalue weighted by atomic mass is 10.1. The van der Waals surface area contributed by atoms with Gasteiger partial charge < -0.3 is 14.7 Å². The smallest absolute Gasteiger partial charge is 0.227 e. The number of hydrogen-bond donors (Lipinski definition) is 1. The Balaban J connectivity index is 0.000000861. The molecule has 0 aromatic heterocycles. The van der Waals surface area contributed by atoms with Crippen molar-refractivity contribution in [1.82, 2.24) is 0 Å². The summed E-state index contributed by atoms with van der Waals surface area (Å²) in [6, 6.07) is 5.55. The Kier molecular flexibility index (Phi) is 5.87. The number of amides is 1. The van der Waals surface area contributed by atoms with E-state index in [-0.39, 0.29) is 18.4 Å². The van der Waals surface area contributed by atoms with Crippen LogP contribution in [0.15, 0.2) is 22.7 Å². The third-order valence-corrected chi connectivity index (χ3v) is 3.39. The molecule has 1 amide bonds. The van der Waals surface area contributed by atoms with Crippen LogP contribution in [0.5, 0.6) is 5.75 Å². The number of rotatable bonds is 3. The summed E-state index contributed by atoms with van der Waals surface area (Å²) in [6.07, 6.45) is 8.40. The topological polar surface area (TPSA) is 49.8 Å². The number of methoxy groups -OCH3 is 1. The van der Waals surface area contributed by atoms with Crippen molar-refractivity contribution >= 4 is 27.5 Å². The summed E-state index contributed by atoms with van der Waals surface area (Å²) < 4.78 is 6.18. The minimum Gasteiger partial charge on any atom is -0.495 e. The van der Waals surface area contributed by atoms with E-state index < -0.39 is 0 Å². The van der Waals surface area contributed by atoms with Crippen LogP contribution in [0.3, 0.4) is 0 Å². The minimum absolute atomic E-state index is 0.0239. The molecule has 0 saturated carbocycles. The van der Waals surface area contributed by atoms with Gasteiger partial charge in [0.1, 0.15) is 5.75 Å². The van der Waals surface area contributed by atoms with E-state index in [0.29, 0.717) is 18.7 Å². The molecule has 0 spiro atoms. The van der Waals surface area contributed by atoms with E-state index in [1.807, 2.05) is 18.2 Å². The van der Waals surface area contributed by atoms with Gasteiger partial charge in [0, 0.05) is 30.0 Å². The second kappa shape index (κ2) is 7.17. The summed E-state index contributed by atoms with van der Waals surface area (Å²) in [6.45, 7) is 0.592. The van der Waals surface area contributed by atoms with Crippen LogP contribution in [0.4, 0.5) is 5.69 Å². The van der Waals surface area contributed by atoms with Crippen LogP contribution in [-0.4, -0.2) is 31.3 Å². The number of hydrogen-bond acceptors (Lipinski definition) is 3. The average molecular weight is 326 g/mol. The Labute approximate surface area is 121 Å². The van der Waals surface area contributed by atoms with Gasteiger partial charge in [0.2, 0.25) is 5.91 Å². The van der Waals surface area contributed by atoms with Crippen molar-refractivity contribution in [2.75, 3.05) is 25.2 Å². The molecular formula is C14H16BrNO3. The quantitative estimate of drug-likeness (QED) is 0.865. The SMILES string of the molecule is C#C.COc1cc(Br)ccc1N1CC(CO)CC1=O. The van der Waals surface area contributed by atoms with Gasteiger partial charge in [0.15, 0.2) is 0 Å². The van der Waals surface area contributed by atoms with Crippen molar-refractivity contribution in [3.05, 3.63) is 22.7 Å². The van der Waals surface area contributed by atoms with Crippen LogP contribution in [-0.2, 0) is 4.79 Å². The zero-order valence-corrected chi connectivity index (χ0v) is 12.3. The molecule has 4 nitrogen and oxygen atoms in total. The normalized spacial score (nSPS) is 17.8. The number of nitrogens with zero attached hydrogens (tertiary/aromatic N) is 1. The fourth-order valence-corrected chi connectivity index (χ4v) is 2.35. The summed E-state index contributed by atoms with van der Waals surface area (Å²) in [7, 11) is 1.58. The third kappa shape index (κ3) is 3.49. The van der Waals surface area contributed by atoms with Crippen LogP contribution in [0.1, 0.15) is 6.42 Å². The van der Waals surface area contributed by atoms with Crippen molar-refractivity contribution in [1.29, 1.82) is 0 Å². The fourth-order valence-electron chi connectivity index (χ4n) is 2.01. The minimum atomic E-state index is 0.0239. The monoisotopic (exact) mass is 325 g/mol. The van der Waals surface area contributed by atoms with Crippen LogP contribution >= 0.6 is 15.9 Å². The lowest BCUT2D eigenvalue weighted by Crippen LogP contribution is -2.25. The van der Waals surface area contributed by atoms with E-state index in [4.69, 9.17) is 9.84 Å². The Morgan fingerprint density at radius 1 is 1.53 bits per heavy atom. The van der Waals surface area contributed by atoms with E-state index in [2.05, 4.69) is 28.8 Å². The van der Waals surface area contributed by atoms with Gasteiger partial charge in [0.05, 0.1) is 12.8 Å². The van der Waals surface area contributed by atoms with E-state index >= 15 is 0 Å². The molecule has 1 aliphatic rings. The van der Waals surface area contributed by atoms with Crippen molar-refractivity contribution in [3.63, 3.8) is 0 Å². The molecule has 0 bridgehead atoms. The number of anilines is 1. The Morgan fingerprint density at radius 2 is 2.21 bits per heavy atom. The summed E-state index contributed by atoms with van der Waals surface area (Å²) >= 11 is 3.36. The maximum absolute atomic E-state index is 11.8. The van der Waals surface area contributed by atoms with Crippen molar-refractivity contribution in [2.24, 2.45) is 5.92 Å². The standard InChI is InChI=1S/C12H14BrNO3.C2H2/c1-17-11-5-9(13)2-3-10(11)14-6-8(7-15)4-12(14)16;1-2/h2-3,5,8,15H,4,6-7H2,1H3;1-2H. The van der Waals surface area contributed by atoms with Gasteiger partial charge >= 0.3 is 0 Å². The zero-order chi connectivity index (χ0) is 14.4. The van der Waals surface area contributed by atoms with E-state index in [1.165, 1.54) is 0 Å². The molecule has 1 fully saturated rings. The van der Waals surface area contributed by atoms with Gasteiger partial charge in [0.25, 0.3) is 0 Å². The third-order valence-electron chi connectivity index (χ3n) is 2.90. The molecule has 1 unspecified atom stereocenters. The lowest BCUT2D eigenvalue weighted by molar-refractivity contribution is -0.117. The van der Waals surface area contributed by atoms with Gasteiger partial charge in [-0.15, -0.1) is 12.8 Å². The van der Waals surface area contributed by atoms with E-state index in [9.17, 15) is 4.79 Å². The number of ether oxygens (including phenoxy) is 1. The summed E-state index contributed by atoms with van der Waals surface area (Å²) in [5.41, 5.74) is 0.761. The highest BCUT2D eigenvalue weighted by Gasteiger charge is 2.31. The molecule has 0 radical (unpaired) electrons. The van der Waals surface area contributed by atoms with E-state index in [1.54, 1.807) is 12.0 Å². The highest BCUT2D eigenvalue weighted by molar-refractivity contribution is 9.10. The Hall–Kier alpha value is -1.51. The molecule has 1 aliphatic heterocycles. The van der Waals surface area contributed by atoms with Crippen molar-refractivity contribution < 1.29 is 14.6 Å². The van der Waals surface area contributed by atoms with Crippen LogP contribution in [0.25, 0.3) is 0 Å². The highest BCUT2D eigenvalue weighted by atomic mass is 79.9. The van der Waals surface area contributed by atoms with Crippen molar-refractivity contribution in [2.45, 2.75) is 6.42 Å². The molecule has 102 valence electrons. The van der Waals surface area contributed by atoms with Gasteiger partial charge in [-0.3, -0.25) is 4.79 Å². The fraction of sp³-hybridized carbons (Fsp3) is 0.357. The predicted octanol–water partition coefficient (Wildman–Crippen LogP) is 2.05. The number of halogens is 1. The molecule has 1 aromatic carbocycles. The molecule has 0 aliphatic carbocycles. The average Bonchev–Trinajstić information content (AvgIpc) is 2.82. The molecule has 1 N–H and O–H groups in total. The first-order chi connectivity index (χ1) is 9.15. The van der Waals surface area contributed by atoms with Gasteiger partial charge in [-0.25, -0.2) is 0 Å². The molecule has 1 heterocycles. The highest BCUT2D eigenvalue weighted by Crippen LogP contribution is 2.34. The largest absolute Gasteiger partial charge is 0.495 e. The van der Waals surface area contributed by atoms with Crippen LogP contribution < -0.4 is 9.64 Å². The van der Waals surface area contributed by atoms with Crippen molar-refractivity contribution in [3.8, 4) is 18.6 Å². The first-order valence-electron chi connectivity index (χ1n) is 5.73. The molecule has 1 aromatic rings. The summed E-state index contributed by atoms with van der Waals surface area (Å²) in [4.78, 5) is 13.5. The van der Waals surface area contributed by atoms with Gasteiger partial charge in [-0.1, -0.05) is 15.9 Å². The number of carbonyl (C=O) groups excluding carboxylic acids is 1. The van der Waals surface area contributed by atoms with Gasteiger partial charge in [-0.05, 0) is 18.2 Å². The predicted molar refractivity (Wildman–Crippen MR) is 78.1 cm³/mol. The molecular weight excluding hydrogens is 310 g/mol. The first kappa shape index (κ1) is 15.5. The van der Waals surface area contributed by atoms with Gasteiger partial charge in [-0.2, -0.15) is 0 Å². The number of terminal acetylenes is 1. The number of benzene rings is 1. The van der Waals surface area contributed by atoms with Crippen LogP contribution in [0, 0.1) is 18.8 Å². The number of carbonyl (C=O) groups is 1. The molecule has 19 heavy (non-hydrogen) atoms. The molecule has 5 heteroatoms. The van der Waals surface area contributed by atoms with E-state index in [0.717, 1.165) is 10.2 Å². The second-order valence-corrected chi connectivity index (χ2v) is 4.99. The second-order valence-electron chi connectivity index (χ2n) is 4.07. The molecule has 2 rings (SSSR count). The first-order valence-corrected chi connectivity index (χ1v) is 6.53. The number of aliphatic hydroxyl groups is 1. The Morgan fingerprint density at radius 3 is 2.74 bits per heavy atom. The molecule has 1 saturated heterocycles. The summed E-state index contributed by atoms with van der Waals surface area (Å²) in [5, 5.41) is 9.10. The maximum Gasteiger partial charge on any atom is 0.227 e. The zero-order valence-electron chi connectivity index (χ0n) is 10.7. The number of aliphatic hydroxyl groups excluding tert-OH is 1. The van der Waals surface area contributed by atoms with Crippen LogP contribution in [0.2, 0.25) is 0 Å².